The molecule has 0 aliphatic carbocycles. The van der Waals surface area contributed by atoms with Crippen molar-refractivity contribution in [3.8, 4) is 0 Å². The molecule has 1 aliphatic heterocycles. The fourth-order valence-electron chi connectivity index (χ4n) is 2.44. The van der Waals surface area contributed by atoms with Gasteiger partial charge in [0.15, 0.2) is 0 Å². The van der Waals surface area contributed by atoms with Gasteiger partial charge in [0.25, 0.3) is 0 Å². The monoisotopic (exact) mass is 232 g/mol. The van der Waals surface area contributed by atoms with Crippen LogP contribution in [0.4, 0.5) is 5.69 Å². The molecule has 2 rings (SSSR count). The quantitative estimate of drug-likeness (QED) is 0.843. The molecule has 0 atom stereocenters. The van der Waals surface area contributed by atoms with Gasteiger partial charge in [0.05, 0.1) is 0 Å². The molecule has 0 spiro atoms. The smallest absolute Gasteiger partial charge is 0.0370 e. The Balaban J connectivity index is 2.19. The molecule has 1 heterocycles. The fourth-order valence-corrected chi connectivity index (χ4v) is 2.44. The van der Waals surface area contributed by atoms with Gasteiger partial charge >= 0.3 is 0 Å². The highest BCUT2D eigenvalue weighted by Crippen LogP contribution is 2.24. The minimum atomic E-state index is 0.214. The zero-order valence-electron chi connectivity index (χ0n) is 11.5. The van der Waals surface area contributed by atoms with E-state index in [2.05, 4.69) is 62.2 Å². The summed E-state index contributed by atoms with van der Waals surface area (Å²) in [5.41, 5.74) is 3.01. The first kappa shape index (κ1) is 12.4. The van der Waals surface area contributed by atoms with Crippen molar-refractivity contribution in [2.75, 3.05) is 24.5 Å². The van der Waals surface area contributed by atoms with Gasteiger partial charge in [0.2, 0.25) is 0 Å². The van der Waals surface area contributed by atoms with E-state index in [1.54, 1.807) is 0 Å². The fraction of sp³-hybridized carbons (Fsp3) is 0.600. The maximum Gasteiger partial charge on any atom is 0.0370 e. The molecular weight excluding hydrogens is 208 g/mol. The van der Waals surface area contributed by atoms with Crippen LogP contribution in [0.3, 0.4) is 0 Å². The molecule has 0 radical (unpaired) electrons. The Bertz CT molecular complexity index is 382. The van der Waals surface area contributed by atoms with Crippen LogP contribution >= 0.6 is 0 Å². The van der Waals surface area contributed by atoms with Crippen LogP contribution in [-0.2, 0) is 0 Å². The number of nitrogens with one attached hydrogen (secondary N) is 1. The van der Waals surface area contributed by atoms with E-state index in [1.165, 1.54) is 11.3 Å². The van der Waals surface area contributed by atoms with Crippen LogP contribution in [0.2, 0.25) is 0 Å². The van der Waals surface area contributed by atoms with Gasteiger partial charge in [-0.2, -0.15) is 0 Å². The maximum absolute atomic E-state index is 3.55. The zero-order valence-corrected chi connectivity index (χ0v) is 11.5. The van der Waals surface area contributed by atoms with E-state index < -0.39 is 0 Å². The van der Waals surface area contributed by atoms with Crippen molar-refractivity contribution in [1.82, 2.24) is 5.32 Å². The molecule has 17 heavy (non-hydrogen) atoms. The summed E-state index contributed by atoms with van der Waals surface area (Å²) in [6.07, 6.45) is 0. The third-order valence-electron chi connectivity index (χ3n) is 3.47. The molecule has 0 bridgehead atoms. The standard InChI is InChI=1S/C15H24N2/c1-12(2)13-6-5-7-14(10-13)17-9-8-16-15(3,4)11-17/h5-7,10,12,16H,8-9,11H2,1-4H3. The Morgan fingerprint density at radius 3 is 2.71 bits per heavy atom. The van der Waals surface area contributed by atoms with Crippen molar-refractivity contribution < 1.29 is 0 Å². The lowest BCUT2D eigenvalue weighted by Gasteiger charge is -2.40. The maximum atomic E-state index is 3.55. The average Bonchev–Trinajstić information content (AvgIpc) is 2.28. The molecule has 0 aromatic heterocycles. The lowest BCUT2D eigenvalue weighted by atomic mass is 9.99. The Labute approximate surface area is 105 Å². The summed E-state index contributed by atoms with van der Waals surface area (Å²) in [6.45, 7) is 12.3. The number of piperazine rings is 1. The summed E-state index contributed by atoms with van der Waals surface area (Å²) in [4.78, 5) is 2.49. The average molecular weight is 232 g/mol. The molecule has 1 saturated heterocycles. The molecule has 0 unspecified atom stereocenters. The molecule has 2 nitrogen and oxygen atoms in total. The van der Waals surface area contributed by atoms with Crippen LogP contribution in [0.25, 0.3) is 0 Å². The SMILES string of the molecule is CC(C)c1cccc(N2CCNC(C)(C)C2)c1. The number of nitrogens with zero attached hydrogens (tertiary/aromatic N) is 1. The van der Waals surface area contributed by atoms with Crippen LogP contribution < -0.4 is 10.2 Å². The summed E-state index contributed by atoms with van der Waals surface area (Å²) in [7, 11) is 0. The Kier molecular flexibility index (Phi) is 3.43. The third kappa shape index (κ3) is 3.01. The van der Waals surface area contributed by atoms with Crippen LogP contribution in [0.1, 0.15) is 39.2 Å². The first-order valence-electron chi connectivity index (χ1n) is 6.58. The predicted molar refractivity (Wildman–Crippen MR) is 74.8 cm³/mol. The van der Waals surface area contributed by atoms with E-state index in [0.717, 1.165) is 19.6 Å². The molecule has 1 N–H and O–H groups in total. The lowest BCUT2D eigenvalue weighted by Crippen LogP contribution is -2.57. The lowest BCUT2D eigenvalue weighted by molar-refractivity contribution is 0.353. The van der Waals surface area contributed by atoms with E-state index >= 15 is 0 Å². The minimum Gasteiger partial charge on any atom is -0.368 e. The minimum absolute atomic E-state index is 0.214. The largest absolute Gasteiger partial charge is 0.368 e. The van der Waals surface area contributed by atoms with E-state index in [1.807, 2.05) is 0 Å². The number of hydrogen-bond donors (Lipinski definition) is 1. The molecule has 1 aliphatic rings. The summed E-state index contributed by atoms with van der Waals surface area (Å²) in [5, 5.41) is 3.55. The molecule has 1 aromatic rings. The summed E-state index contributed by atoms with van der Waals surface area (Å²) in [5.74, 6) is 0.603. The van der Waals surface area contributed by atoms with Crippen molar-refractivity contribution in [3.05, 3.63) is 29.8 Å². The predicted octanol–water partition coefficient (Wildman–Crippen LogP) is 3.00. The summed E-state index contributed by atoms with van der Waals surface area (Å²) < 4.78 is 0. The van der Waals surface area contributed by atoms with Crippen molar-refractivity contribution >= 4 is 5.69 Å². The molecule has 94 valence electrons. The first-order chi connectivity index (χ1) is 7.98. The summed E-state index contributed by atoms with van der Waals surface area (Å²) in [6, 6.07) is 8.97. The van der Waals surface area contributed by atoms with Crippen LogP contribution in [0, 0.1) is 0 Å². The number of hydrogen-bond acceptors (Lipinski definition) is 2. The van der Waals surface area contributed by atoms with Gasteiger partial charge in [-0.15, -0.1) is 0 Å². The van der Waals surface area contributed by atoms with Gasteiger partial charge in [-0.1, -0.05) is 26.0 Å². The number of anilines is 1. The van der Waals surface area contributed by atoms with Gasteiger partial charge in [-0.3, -0.25) is 0 Å². The second-order valence-electron chi connectivity index (χ2n) is 5.98. The van der Waals surface area contributed by atoms with Gasteiger partial charge in [-0.05, 0) is 37.5 Å². The molecule has 2 heteroatoms. The molecule has 1 aromatic carbocycles. The number of rotatable bonds is 2. The van der Waals surface area contributed by atoms with Crippen LogP contribution in [0.15, 0.2) is 24.3 Å². The summed E-state index contributed by atoms with van der Waals surface area (Å²) >= 11 is 0. The van der Waals surface area contributed by atoms with Crippen molar-refractivity contribution in [1.29, 1.82) is 0 Å². The van der Waals surface area contributed by atoms with E-state index in [9.17, 15) is 0 Å². The van der Waals surface area contributed by atoms with Gasteiger partial charge in [-0.25, -0.2) is 0 Å². The van der Waals surface area contributed by atoms with Crippen LogP contribution in [0.5, 0.6) is 0 Å². The Hall–Kier alpha value is -1.02. The second kappa shape index (κ2) is 4.69. The van der Waals surface area contributed by atoms with E-state index in [0.29, 0.717) is 5.92 Å². The Morgan fingerprint density at radius 2 is 2.06 bits per heavy atom. The third-order valence-corrected chi connectivity index (χ3v) is 3.47. The Morgan fingerprint density at radius 1 is 1.29 bits per heavy atom. The second-order valence-corrected chi connectivity index (χ2v) is 5.98. The van der Waals surface area contributed by atoms with Crippen molar-refractivity contribution in [3.63, 3.8) is 0 Å². The normalized spacial score (nSPS) is 19.7. The molecule has 1 fully saturated rings. The highest BCUT2D eigenvalue weighted by molar-refractivity contribution is 5.50. The zero-order chi connectivity index (χ0) is 12.5. The molecular formula is C15H24N2. The van der Waals surface area contributed by atoms with Crippen molar-refractivity contribution in [2.24, 2.45) is 0 Å². The van der Waals surface area contributed by atoms with Crippen molar-refractivity contribution in [2.45, 2.75) is 39.2 Å². The highest BCUT2D eigenvalue weighted by Gasteiger charge is 2.25. The molecule has 0 amide bonds. The topological polar surface area (TPSA) is 15.3 Å². The number of benzene rings is 1. The van der Waals surface area contributed by atoms with E-state index in [4.69, 9.17) is 0 Å². The molecule has 0 saturated carbocycles. The highest BCUT2D eigenvalue weighted by atomic mass is 15.2. The van der Waals surface area contributed by atoms with Crippen LogP contribution in [-0.4, -0.2) is 25.2 Å². The van der Waals surface area contributed by atoms with Gasteiger partial charge in [0.1, 0.15) is 0 Å². The van der Waals surface area contributed by atoms with E-state index in [-0.39, 0.29) is 5.54 Å². The van der Waals surface area contributed by atoms with Gasteiger partial charge in [0, 0.05) is 30.9 Å². The first-order valence-corrected chi connectivity index (χ1v) is 6.58. The van der Waals surface area contributed by atoms with Gasteiger partial charge < -0.3 is 10.2 Å².